The molecule has 0 spiro atoms. The molecule has 0 saturated carbocycles. The van der Waals surface area contributed by atoms with Crippen LogP contribution in [0.4, 0.5) is 11.4 Å². The van der Waals surface area contributed by atoms with Crippen LogP contribution in [0.2, 0.25) is 0 Å². The highest BCUT2D eigenvalue weighted by Crippen LogP contribution is 2.26. The molecule has 8 heteroatoms. The van der Waals surface area contributed by atoms with Crippen molar-refractivity contribution in [3.05, 3.63) is 54.1 Å². The van der Waals surface area contributed by atoms with Gasteiger partial charge in [-0.3, -0.25) is 9.59 Å². The first kappa shape index (κ1) is 21.5. The molecule has 2 aromatic carbocycles. The van der Waals surface area contributed by atoms with Gasteiger partial charge in [0.25, 0.3) is 0 Å². The molecule has 4 rings (SSSR count). The van der Waals surface area contributed by atoms with Crippen LogP contribution >= 0.6 is 0 Å². The van der Waals surface area contributed by atoms with Crippen LogP contribution in [0.25, 0.3) is 0 Å². The first-order chi connectivity index (χ1) is 14.8. The Morgan fingerprint density at radius 1 is 1.00 bits per heavy atom. The summed E-state index contributed by atoms with van der Waals surface area (Å²) in [6.07, 6.45) is 2.72. The standard InChI is InChI=1S/C23H27N3O4S/c1-17-6-12-21(13-7-17)31(29,30)25-14-2-4-18(16-25)23(28)24-19-8-10-20(11-9-19)26-15-3-5-22(26)27/h6-13,18H,2-5,14-16H2,1H3,(H,24,28). The van der Waals surface area contributed by atoms with Gasteiger partial charge in [-0.2, -0.15) is 4.31 Å². The molecule has 2 saturated heterocycles. The van der Waals surface area contributed by atoms with Gasteiger partial charge in [0.2, 0.25) is 21.8 Å². The Morgan fingerprint density at radius 3 is 2.35 bits per heavy atom. The monoisotopic (exact) mass is 441 g/mol. The van der Waals surface area contributed by atoms with Crippen LogP contribution in [-0.2, 0) is 19.6 Å². The molecule has 2 amide bonds. The summed E-state index contributed by atoms with van der Waals surface area (Å²) in [5, 5.41) is 2.90. The molecule has 2 fully saturated rings. The number of benzene rings is 2. The summed E-state index contributed by atoms with van der Waals surface area (Å²) in [6, 6.07) is 14.0. The molecule has 0 radical (unpaired) electrons. The fraction of sp³-hybridized carbons (Fsp3) is 0.391. The van der Waals surface area contributed by atoms with Crippen molar-refractivity contribution < 1.29 is 18.0 Å². The molecular formula is C23H27N3O4S. The first-order valence-electron chi connectivity index (χ1n) is 10.6. The molecule has 1 N–H and O–H groups in total. The average molecular weight is 442 g/mol. The number of nitrogens with one attached hydrogen (secondary N) is 1. The summed E-state index contributed by atoms with van der Waals surface area (Å²) in [4.78, 5) is 26.7. The zero-order valence-corrected chi connectivity index (χ0v) is 18.4. The molecule has 7 nitrogen and oxygen atoms in total. The van der Waals surface area contributed by atoms with Crippen LogP contribution in [0.1, 0.15) is 31.2 Å². The van der Waals surface area contributed by atoms with Crippen LogP contribution in [0, 0.1) is 12.8 Å². The fourth-order valence-corrected chi connectivity index (χ4v) is 5.65. The summed E-state index contributed by atoms with van der Waals surface area (Å²) in [7, 11) is -3.62. The van der Waals surface area contributed by atoms with E-state index >= 15 is 0 Å². The second kappa shape index (κ2) is 8.80. The van der Waals surface area contributed by atoms with E-state index in [2.05, 4.69) is 5.32 Å². The van der Waals surface area contributed by atoms with E-state index in [0.717, 1.165) is 24.2 Å². The van der Waals surface area contributed by atoms with Gasteiger partial charge in [-0.25, -0.2) is 8.42 Å². The number of carbonyl (C=O) groups is 2. The summed E-state index contributed by atoms with van der Waals surface area (Å²) < 4.78 is 27.4. The lowest BCUT2D eigenvalue weighted by Gasteiger charge is -2.31. The summed E-state index contributed by atoms with van der Waals surface area (Å²) in [5.74, 6) is -0.475. The van der Waals surface area contributed by atoms with Crippen LogP contribution in [0.5, 0.6) is 0 Å². The zero-order valence-electron chi connectivity index (χ0n) is 17.6. The van der Waals surface area contributed by atoms with Crippen molar-refractivity contribution >= 4 is 33.2 Å². The predicted octanol–water partition coefficient (Wildman–Crippen LogP) is 3.16. The highest BCUT2D eigenvalue weighted by Gasteiger charge is 2.33. The van der Waals surface area contributed by atoms with E-state index < -0.39 is 15.9 Å². The number of anilines is 2. The molecule has 31 heavy (non-hydrogen) atoms. The lowest BCUT2D eigenvalue weighted by atomic mass is 9.98. The Bertz CT molecular complexity index is 1070. The fourth-order valence-electron chi connectivity index (χ4n) is 4.12. The van der Waals surface area contributed by atoms with E-state index in [1.807, 2.05) is 19.1 Å². The summed E-state index contributed by atoms with van der Waals surface area (Å²) in [5.41, 5.74) is 2.46. The van der Waals surface area contributed by atoms with E-state index in [1.54, 1.807) is 41.3 Å². The minimum Gasteiger partial charge on any atom is -0.326 e. The molecule has 1 atom stereocenters. The predicted molar refractivity (Wildman–Crippen MR) is 119 cm³/mol. The Morgan fingerprint density at radius 2 is 1.71 bits per heavy atom. The molecule has 2 heterocycles. The van der Waals surface area contributed by atoms with E-state index in [1.165, 1.54) is 4.31 Å². The van der Waals surface area contributed by atoms with Gasteiger partial charge in [-0.1, -0.05) is 17.7 Å². The first-order valence-corrected chi connectivity index (χ1v) is 12.1. The van der Waals surface area contributed by atoms with Crippen molar-refractivity contribution in [2.45, 2.75) is 37.5 Å². The van der Waals surface area contributed by atoms with Gasteiger partial charge in [-0.05, 0) is 62.6 Å². The number of carbonyl (C=O) groups excluding carboxylic acids is 2. The number of hydrogen-bond donors (Lipinski definition) is 1. The minimum absolute atomic E-state index is 0.119. The lowest BCUT2D eigenvalue weighted by Crippen LogP contribution is -2.43. The molecular weight excluding hydrogens is 414 g/mol. The molecule has 1 unspecified atom stereocenters. The topological polar surface area (TPSA) is 86.8 Å². The second-order valence-electron chi connectivity index (χ2n) is 8.20. The third kappa shape index (κ3) is 4.65. The maximum Gasteiger partial charge on any atom is 0.243 e. The molecule has 0 bridgehead atoms. The van der Waals surface area contributed by atoms with E-state index in [9.17, 15) is 18.0 Å². The zero-order chi connectivity index (χ0) is 22.0. The quantitative estimate of drug-likeness (QED) is 0.772. The van der Waals surface area contributed by atoms with Crippen molar-refractivity contribution in [2.75, 3.05) is 29.9 Å². The van der Waals surface area contributed by atoms with E-state index in [4.69, 9.17) is 0 Å². The van der Waals surface area contributed by atoms with Crippen LogP contribution in [-0.4, -0.2) is 44.2 Å². The number of nitrogens with zero attached hydrogens (tertiary/aromatic N) is 2. The molecule has 2 aliphatic heterocycles. The highest BCUT2D eigenvalue weighted by molar-refractivity contribution is 7.89. The number of aryl methyl sites for hydroxylation is 1. The molecule has 0 aromatic heterocycles. The third-order valence-electron chi connectivity index (χ3n) is 5.93. The van der Waals surface area contributed by atoms with Crippen molar-refractivity contribution in [1.29, 1.82) is 0 Å². The van der Waals surface area contributed by atoms with Crippen molar-refractivity contribution in [3.8, 4) is 0 Å². The number of rotatable bonds is 5. The van der Waals surface area contributed by atoms with Gasteiger partial charge in [0.15, 0.2) is 0 Å². The molecule has 164 valence electrons. The maximum atomic E-state index is 13.0. The van der Waals surface area contributed by atoms with Crippen molar-refractivity contribution in [2.24, 2.45) is 5.92 Å². The van der Waals surface area contributed by atoms with Crippen LogP contribution in [0.3, 0.4) is 0 Å². The summed E-state index contributed by atoms with van der Waals surface area (Å²) in [6.45, 7) is 3.21. The Balaban J connectivity index is 1.41. The Kier molecular flexibility index (Phi) is 6.11. The van der Waals surface area contributed by atoms with E-state index in [0.29, 0.717) is 31.5 Å². The Labute approximate surface area is 183 Å². The van der Waals surface area contributed by atoms with Gasteiger partial charge in [0.1, 0.15) is 0 Å². The SMILES string of the molecule is Cc1ccc(S(=O)(=O)N2CCCC(C(=O)Nc3ccc(N4CCCC4=O)cc3)C2)cc1. The molecule has 2 aromatic rings. The Hall–Kier alpha value is -2.71. The molecule has 0 aliphatic carbocycles. The van der Waals surface area contributed by atoms with Gasteiger partial charge in [0.05, 0.1) is 10.8 Å². The van der Waals surface area contributed by atoms with Gasteiger partial charge < -0.3 is 10.2 Å². The van der Waals surface area contributed by atoms with E-state index in [-0.39, 0.29) is 23.3 Å². The summed E-state index contributed by atoms with van der Waals surface area (Å²) >= 11 is 0. The van der Waals surface area contributed by atoms with Gasteiger partial charge in [0, 0.05) is 37.4 Å². The third-order valence-corrected chi connectivity index (χ3v) is 7.81. The number of sulfonamides is 1. The van der Waals surface area contributed by atoms with Crippen LogP contribution < -0.4 is 10.2 Å². The normalized spacial score (nSPS) is 20.1. The average Bonchev–Trinajstić information content (AvgIpc) is 3.20. The van der Waals surface area contributed by atoms with Crippen molar-refractivity contribution in [1.82, 2.24) is 4.31 Å². The minimum atomic E-state index is -3.62. The van der Waals surface area contributed by atoms with Gasteiger partial charge >= 0.3 is 0 Å². The smallest absolute Gasteiger partial charge is 0.243 e. The maximum absolute atomic E-state index is 13.0. The largest absolute Gasteiger partial charge is 0.326 e. The van der Waals surface area contributed by atoms with Crippen molar-refractivity contribution in [3.63, 3.8) is 0 Å². The number of hydrogen-bond acceptors (Lipinski definition) is 4. The number of amides is 2. The van der Waals surface area contributed by atoms with Gasteiger partial charge in [-0.15, -0.1) is 0 Å². The molecule has 2 aliphatic rings. The lowest BCUT2D eigenvalue weighted by molar-refractivity contribution is -0.121. The highest BCUT2D eigenvalue weighted by atomic mass is 32.2. The second-order valence-corrected chi connectivity index (χ2v) is 10.1. The van der Waals surface area contributed by atoms with Crippen LogP contribution in [0.15, 0.2) is 53.4 Å². The number of piperidine rings is 1.